The first kappa shape index (κ1) is 18.1. The van der Waals surface area contributed by atoms with E-state index in [2.05, 4.69) is 0 Å². The van der Waals surface area contributed by atoms with E-state index in [9.17, 15) is 14.4 Å². The molecule has 0 aromatic heterocycles. The van der Waals surface area contributed by atoms with Gasteiger partial charge in [0.2, 0.25) is 0 Å². The summed E-state index contributed by atoms with van der Waals surface area (Å²) in [6.07, 6.45) is 2.05. The van der Waals surface area contributed by atoms with Crippen molar-refractivity contribution in [2.45, 2.75) is 32.5 Å². The molecule has 1 aliphatic carbocycles. The molecule has 0 amide bonds. The second kappa shape index (κ2) is 6.88. The zero-order valence-corrected chi connectivity index (χ0v) is 14.9. The molecular formula is C20H20O6. The average molecular weight is 356 g/mol. The topological polar surface area (TPSA) is 78.9 Å². The number of allylic oxidation sites excluding steroid dienone is 1. The number of carbonyl (C=O) groups is 3. The lowest BCUT2D eigenvalue weighted by Crippen LogP contribution is -2.47. The number of hydrogen-bond acceptors (Lipinski definition) is 6. The monoisotopic (exact) mass is 356 g/mol. The van der Waals surface area contributed by atoms with Crippen molar-refractivity contribution in [2.75, 3.05) is 6.61 Å². The van der Waals surface area contributed by atoms with Gasteiger partial charge in [-0.15, -0.1) is 0 Å². The minimum atomic E-state index is -1.04. The summed E-state index contributed by atoms with van der Waals surface area (Å²) < 4.78 is 16.7. The van der Waals surface area contributed by atoms with Crippen LogP contribution in [0.25, 0.3) is 0 Å². The second-order valence-corrected chi connectivity index (χ2v) is 6.37. The lowest BCUT2D eigenvalue weighted by molar-refractivity contribution is -0.158. The fourth-order valence-corrected chi connectivity index (χ4v) is 3.62. The molecule has 0 N–H and O–H groups in total. The first-order valence-corrected chi connectivity index (χ1v) is 8.33. The molecular weight excluding hydrogens is 336 g/mol. The molecule has 3 atom stereocenters. The van der Waals surface area contributed by atoms with Crippen LogP contribution < -0.4 is 0 Å². The average Bonchev–Trinajstić information content (AvgIpc) is 2.99. The van der Waals surface area contributed by atoms with Gasteiger partial charge in [-0.3, -0.25) is 14.4 Å². The smallest absolute Gasteiger partial charge is 0.307 e. The molecule has 1 aromatic rings. The van der Waals surface area contributed by atoms with Gasteiger partial charge in [0.25, 0.3) is 0 Å². The fourth-order valence-electron chi connectivity index (χ4n) is 3.62. The van der Waals surface area contributed by atoms with Crippen molar-refractivity contribution in [3.05, 3.63) is 59.4 Å². The molecule has 0 spiro atoms. The van der Waals surface area contributed by atoms with Crippen LogP contribution in [-0.2, 0) is 34.2 Å². The van der Waals surface area contributed by atoms with Gasteiger partial charge in [0.15, 0.2) is 11.9 Å². The molecule has 0 saturated carbocycles. The third-order valence-corrected chi connectivity index (χ3v) is 4.65. The number of fused-ring (bicyclic) bond motifs is 1. The van der Waals surface area contributed by atoms with Crippen LogP contribution >= 0.6 is 0 Å². The van der Waals surface area contributed by atoms with Crippen LogP contribution in [0, 0.1) is 5.92 Å². The molecule has 136 valence electrons. The molecule has 6 nitrogen and oxygen atoms in total. The Hall–Kier alpha value is -2.73. The van der Waals surface area contributed by atoms with Gasteiger partial charge in [0.05, 0.1) is 12.5 Å². The number of ether oxygens (including phenoxy) is 3. The molecule has 1 aliphatic heterocycles. The number of benzene rings is 1. The molecule has 0 unspecified atom stereocenters. The number of rotatable bonds is 3. The Labute approximate surface area is 151 Å². The van der Waals surface area contributed by atoms with Crippen LogP contribution in [-0.4, -0.2) is 30.4 Å². The van der Waals surface area contributed by atoms with Gasteiger partial charge < -0.3 is 14.2 Å². The Morgan fingerprint density at radius 2 is 1.81 bits per heavy atom. The molecule has 3 rings (SSSR count). The molecule has 6 heteroatoms. The van der Waals surface area contributed by atoms with E-state index in [0.717, 1.165) is 5.56 Å². The molecule has 0 radical (unpaired) electrons. The van der Waals surface area contributed by atoms with Gasteiger partial charge in [-0.2, -0.15) is 0 Å². The highest BCUT2D eigenvalue weighted by Gasteiger charge is 2.56. The number of ketones is 1. The van der Waals surface area contributed by atoms with Gasteiger partial charge in [-0.05, 0) is 24.6 Å². The normalized spacial score (nSPS) is 29.1. The lowest BCUT2D eigenvalue weighted by atomic mass is 9.71. The molecule has 26 heavy (non-hydrogen) atoms. The Bertz CT molecular complexity index is 807. The molecule has 1 saturated heterocycles. The van der Waals surface area contributed by atoms with Crippen LogP contribution in [0.15, 0.2) is 53.8 Å². The summed E-state index contributed by atoms with van der Waals surface area (Å²) in [7, 11) is 0. The highest BCUT2D eigenvalue weighted by molar-refractivity contribution is 5.97. The van der Waals surface area contributed by atoms with E-state index in [1.54, 1.807) is 13.0 Å². The quantitative estimate of drug-likeness (QED) is 0.611. The van der Waals surface area contributed by atoms with E-state index in [1.807, 2.05) is 30.3 Å². The van der Waals surface area contributed by atoms with Crippen LogP contribution in [0.4, 0.5) is 0 Å². The second-order valence-electron chi connectivity index (χ2n) is 6.37. The van der Waals surface area contributed by atoms with Crippen LogP contribution in [0.3, 0.4) is 0 Å². The lowest BCUT2D eigenvalue weighted by Gasteiger charge is -2.38. The van der Waals surface area contributed by atoms with E-state index >= 15 is 0 Å². The highest BCUT2D eigenvalue weighted by atomic mass is 16.6. The van der Waals surface area contributed by atoms with Gasteiger partial charge in [0.1, 0.15) is 11.4 Å². The summed E-state index contributed by atoms with van der Waals surface area (Å²) in [6, 6.07) is 9.41. The van der Waals surface area contributed by atoms with Gasteiger partial charge >= 0.3 is 11.9 Å². The van der Waals surface area contributed by atoms with E-state index in [4.69, 9.17) is 14.2 Å². The maximum absolute atomic E-state index is 12.5. The predicted octanol–water partition coefficient (Wildman–Crippen LogP) is 2.44. The van der Waals surface area contributed by atoms with Gasteiger partial charge in [-0.1, -0.05) is 30.3 Å². The summed E-state index contributed by atoms with van der Waals surface area (Å²) in [4.78, 5) is 35.5. The summed E-state index contributed by atoms with van der Waals surface area (Å²) in [5.41, 5.74) is 0.496. The van der Waals surface area contributed by atoms with E-state index in [0.29, 0.717) is 11.3 Å². The summed E-state index contributed by atoms with van der Waals surface area (Å²) >= 11 is 0. The Balaban J connectivity index is 2.17. The maximum Gasteiger partial charge on any atom is 0.307 e. The van der Waals surface area contributed by atoms with Crippen molar-refractivity contribution < 1.29 is 28.6 Å². The molecule has 2 aliphatic rings. The predicted molar refractivity (Wildman–Crippen MR) is 91.7 cm³/mol. The van der Waals surface area contributed by atoms with Crippen LogP contribution in [0.5, 0.6) is 0 Å². The van der Waals surface area contributed by atoms with Crippen molar-refractivity contribution in [3.63, 3.8) is 0 Å². The first-order chi connectivity index (χ1) is 12.3. The van der Waals surface area contributed by atoms with Crippen molar-refractivity contribution in [1.82, 2.24) is 0 Å². The first-order valence-electron chi connectivity index (χ1n) is 8.33. The van der Waals surface area contributed by atoms with Crippen LogP contribution in [0.2, 0.25) is 0 Å². The number of esters is 2. The zero-order valence-electron chi connectivity index (χ0n) is 14.9. The molecule has 0 bridgehead atoms. The zero-order chi connectivity index (χ0) is 18.9. The minimum Gasteiger partial charge on any atom is -0.453 e. The Kier molecular flexibility index (Phi) is 4.78. The van der Waals surface area contributed by atoms with Gasteiger partial charge in [0, 0.05) is 19.4 Å². The van der Waals surface area contributed by atoms with Crippen molar-refractivity contribution in [2.24, 2.45) is 5.92 Å². The summed E-state index contributed by atoms with van der Waals surface area (Å²) in [5.74, 6) is -1.59. The molecule has 1 aromatic carbocycles. The third kappa shape index (κ3) is 3.08. The van der Waals surface area contributed by atoms with Crippen molar-refractivity contribution in [1.29, 1.82) is 0 Å². The van der Waals surface area contributed by atoms with Crippen molar-refractivity contribution >= 4 is 17.7 Å². The standard InChI is InChI=1S/C20H20O6/c1-12(25-13(2)21)16-11-24-20(15-7-5-4-6-8-15)10-9-17(23)19(18(16)20)26-14(3)22/h4-10,18-19H,11H2,1-3H3/b16-12+/t18-,19+,20-/m1/s1. The fraction of sp³-hybridized carbons (Fsp3) is 0.350. The molecule has 1 fully saturated rings. The third-order valence-electron chi connectivity index (χ3n) is 4.65. The van der Waals surface area contributed by atoms with Crippen LogP contribution in [0.1, 0.15) is 26.3 Å². The SMILES string of the molecule is CC(=O)O/C(C)=C1\CO[C@@]2(c3ccccc3)C=CC(=O)[C@H](OC(C)=O)[C@@H]12. The minimum absolute atomic E-state index is 0.161. The number of carbonyl (C=O) groups excluding carboxylic acids is 3. The Morgan fingerprint density at radius 3 is 2.42 bits per heavy atom. The Morgan fingerprint density at radius 1 is 1.12 bits per heavy atom. The summed E-state index contributed by atoms with van der Waals surface area (Å²) in [6.45, 7) is 4.37. The van der Waals surface area contributed by atoms with E-state index < -0.39 is 29.6 Å². The summed E-state index contributed by atoms with van der Waals surface area (Å²) in [5, 5.41) is 0. The number of hydrogen-bond donors (Lipinski definition) is 0. The maximum atomic E-state index is 12.5. The largest absolute Gasteiger partial charge is 0.453 e. The van der Waals surface area contributed by atoms with E-state index in [1.165, 1.54) is 19.9 Å². The van der Waals surface area contributed by atoms with Crippen molar-refractivity contribution in [3.8, 4) is 0 Å². The highest BCUT2D eigenvalue weighted by Crippen LogP contribution is 2.50. The molecule has 1 heterocycles. The van der Waals surface area contributed by atoms with Gasteiger partial charge in [-0.25, -0.2) is 0 Å². The van der Waals surface area contributed by atoms with E-state index in [-0.39, 0.29) is 12.4 Å².